The van der Waals surface area contributed by atoms with E-state index < -0.39 is 0 Å². The normalized spacial score (nSPS) is 15.0. The van der Waals surface area contributed by atoms with Crippen molar-refractivity contribution < 1.29 is 4.79 Å². The summed E-state index contributed by atoms with van der Waals surface area (Å²) < 4.78 is 0.994. The second kappa shape index (κ2) is 7.56. The fourth-order valence-corrected chi connectivity index (χ4v) is 1.41. The molecule has 1 aliphatic heterocycles. The van der Waals surface area contributed by atoms with Gasteiger partial charge in [0.05, 0.1) is 0 Å². The molecule has 0 aromatic heterocycles. The highest BCUT2D eigenvalue weighted by Crippen LogP contribution is 2.08. The van der Waals surface area contributed by atoms with Crippen molar-refractivity contribution in [1.82, 2.24) is 10.6 Å². The summed E-state index contributed by atoms with van der Waals surface area (Å²) in [5.74, 6) is 0. The fraction of sp³-hybridized carbons (Fsp3) is 0.364. The molecule has 0 bridgehead atoms. The predicted octanol–water partition coefficient (Wildman–Crippen LogP) is 1.44. The molecule has 1 aromatic carbocycles. The summed E-state index contributed by atoms with van der Waals surface area (Å²) in [6, 6.07) is 7.20. The lowest BCUT2D eigenvalue weighted by Crippen LogP contribution is -2.39. The summed E-state index contributed by atoms with van der Waals surface area (Å²) in [4.78, 5) is 10.1. The first kappa shape index (κ1) is 12.4. The smallest absolute Gasteiger partial charge is 0.150 e. The van der Waals surface area contributed by atoms with Gasteiger partial charge in [-0.15, -0.1) is 0 Å². The second-order valence-electron chi connectivity index (χ2n) is 3.17. The van der Waals surface area contributed by atoms with E-state index in [0.29, 0.717) is 5.56 Å². The molecule has 0 radical (unpaired) electrons. The van der Waals surface area contributed by atoms with E-state index in [9.17, 15) is 4.79 Å². The number of nitrogens with one attached hydrogen (secondary N) is 2. The van der Waals surface area contributed by atoms with Crippen LogP contribution in [0.25, 0.3) is 0 Å². The number of halogens is 1. The summed E-state index contributed by atoms with van der Waals surface area (Å²) in [5.41, 5.74) is 0.707. The summed E-state index contributed by atoms with van der Waals surface area (Å²) in [5, 5.41) is 6.44. The van der Waals surface area contributed by atoms with Gasteiger partial charge < -0.3 is 10.6 Å². The van der Waals surface area contributed by atoms with Gasteiger partial charge in [-0.1, -0.05) is 28.1 Å². The maximum atomic E-state index is 10.1. The van der Waals surface area contributed by atoms with Crippen LogP contribution in [0.3, 0.4) is 0 Å². The number of carbonyl (C=O) groups is 1. The van der Waals surface area contributed by atoms with Gasteiger partial charge in [-0.3, -0.25) is 4.79 Å². The summed E-state index contributed by atoms with van der Waals surface area (Å²) in [6.45, 7) is 4.56. The first-order valence-corrected chi connectivity index (χ1v) is 5.74. The summed E-state index contributed by atoms with van der Waals surface area (Å²) in [7, 11) is 0. The highest BCUT2D eigenvalue weighted by molar-refractivity contribution is 9.10. The van der Waals surface area contributed by atoms with Gasteiger partial charge in [0.25, 0.3) is 0 Å². The van der Waals surface area contributed by atoms with E-state index in [1.807, 2.05) is 12.1 Å². The Kier molecular flexibility index (Phi) is 6.23. The van der Waals surface area contributed by atoms with Gasteiger partial charge in [0.2, 0.25) is 0 Å². The van der Waals surface area contributed by atoms with E-state index in [2.05, 4.69) is 26.6 Å². The first-order chi connectivity index (χ1) is 7.33. The summed E-state index contributed by atoms with van der Waals surface area (Å²) >= 11 is 3.26. The van der Waals surface area contributed by atoms with Crippen molar-refractivity contribution in [2.75, 3.05) is 26.2 Å². The molecule has 2 rings (SSSR count). The van der Waals surface area contributed by atoms with Crippen LogP contribution >= 0.6 is 15.9 Å². The third kappa shape index (κ3) is 5.67. The molecule has 1 heterocycles. The average molecular weight is 271 g/mol. The van der Waals surface area contributed by atoms with E-state index in [4.69, 9.17) is 0 Å². The monoisotopic (exact) mass is 270 g/mol. The topological polar surface area (TPSA) is 41.1 Å². The van der Waals surface area contributed by atoms with Gasteiger partial charge in [-0.25, -0.2) is 0 Å². The molecule has 1 fully saturated rings. The number of carbonyl (C=O) groups excluding carboxylic acids is 1. The van der Waals surface area contributed by atoms with Gasteiger partial charge in [0.1, 0.15) is 6.29 Å². The minimum Gasteiger partial charge on any atom is -0.314 e. The number of piperazine rings is 1. The van der Waals surface area contributed by atoms with Gasteiger partial charge in [0, 0.05) is 36.2 Å². The van der Waals surface area contributed by atoms with Crippen LogP contribution in [0.15, 0.2) is 28.7 Å². The summed E-state index contributed by atoms with van der Waals surface area (Å²) in [6.07, 6.45) is 0.826. The van der Waals surface area contributed by atoms with E-state index >= 15 is 0 Å². The van der Waals surface area contributed by atoms with Crippen molar-refractivity contribution in [3.05, 3.63) is 34.3 Å². The predicted molar refractivity (Wildman–Crippen MR) is 65.3 cm³/mol. The lowest BCUT2D eigenvalue weighted by atomic mass is 10.2. The minimum atomic E-state index is 0.707. The van der Waals surface area contributed by atoms with Crippen molar-refractivity contribution in [3.8, 4) is 0 Å². The zero-order chi connectivity index (χ0) is 10.9. The van der Waals surface area contributed by atoms with Crippen LogP contribution in [0, 0.1) is 0 Å². The third-order valence-electron chi connectivity index (χ3n) is 1.96. The molecule has 0 amide bonds. The Hall–Kier alpha value is -0.710. The van der Waals surface area contributed by atoms with Crippen molar-refractivity contribution in [2.24, 2.45) is 0 Å². The molecule has 15 heavy (non-hydrogen) atoms. The standard InChI is InChI=1S/C7H5BrO.C4H10N2/c8-7-3-1-6(5-9)2-4-7;1-2-6-4-3-5-1/h1-5H;5-6H,1-4H2. The lowest BCUT2D eigenvalue weighted by molar-refractivity contribution is 0.112. The molecule has 1 aliphatic rings. The molecule has 1 saturated heterocycles. The molecular formula is C11H15BrN2O. The van der Waals surface area contributed by atoms with Crippen molar-refractivity contribution in [3.63, 3.8) is 0 Å². The van der Waals surface area contributed by atoms with Crippen LogP contribution in [0.4, 0.5) is 0 Å². The minimum absolute atomic E-state index is 0.707. The molecule has 82 valence electrons. The number of hydrogen-bond donors (Lipinski definition) is 2. The Balaban J connectivity index is 0.000000162. The van der Waals surface area contributed by atoms with Gasteiger partial charge >= 0.3 is 0 Å². The molecule has 0 spiro atoms. The highest BCUT2D eigenvalue weighted by Gasteiger charge is 1.91. The molecule has 4 heteroatoms. The molecule has 3 nitrogen and oxygen atoms in total. The van der Waals surface area contributed by atoms with Crippen LogP contribution in [0.2, 0.25) is 0 Å². The number of aldehydes is 1. The van der Waals surface area contributed by atoms with E-state index in [1.54, 1.807) is 12.1 Å². The Morgan fingerprint density at radius 1 is 1.00 bits per heavy atom. The van der Waals surface area contributed by atoms with Crippen molar-refractivity contribution in [2.45, 2.75) is 0 Å². The molecule has 0 atom stereocenters. The second-order valence-corrected chi connectivity index (χ2v) is 4.09. The molecule has 1 aromatic rings. The Morgan fingerprint density at radius 2 is 1.47 bits per heavy atom. The Bertz CT molecular complexity index is 272. The van der Waals surface area contributed by atoms with Crippen LogP contribution < -0.4 is 10.6 Å². The molecule has 0 aliphatic carbocycles. The van der Waals surface area contributed by atoms with Crippen LogP contribution in [0.5, 0.6) is 0 Å². The van der Waals surface area contributed by atoms with Gasteiger partial charge in [-0.2, -0.15) is 0 Å². The molecule has 2 N–H and O–H groups in total. The maximum absolute atomic E-state index is 10.1. The molecule has 0 saturated carbocycles. The lowest BCUT2D eigenvalue weighted by Gasteiger charge is -2.11. The largest absolute Gasteiger partial charge is 0.314 e. The van der Waals surface area contributed by atoms with E-state index in [0.717, 1.165) is 36.9 Å². The number of rotatable bonds is 1. The van der Waals surface area contributed by atoms with Crippen LogP contribution in [0.1, 0.15) is 10.4 Å². The maximum Gasteiger partial charge on any atom is 0.150 e. The SMILES string of the molecule is C1CNCCN1.O=Cc1ccc(Br)cc1. The Morgan fingerprint density at radius 3 is 1.80 bits per heavy atom. The third-order valence-corrected chi connectivity index (χ3v) is 2.49. The zero-order valence-electron chi connectivity index (χ0n) is 8.50. The fourth-order valence-electron chi connectivity index (χ4n) is 1.14. The number of hydrogen-bond acceptors (Lipinski definition) is 3. The van der Waals surface area contributed by atoms with Gasteiger partial charge in [0.15, 0.2) is 0 Å². The average Bonchev–Trinajstić information content (AvgIpc) is 2.33. The number of benzene rings is 1. The zero-order valence-corrected chi connectivity index (χ0v) is 10.1. The van der Waals surface area contributed by atoms with Crippen molar-refractivity contribution in [1.29, 1.82) is 0 Å². The highest BCUT2D eigenvalue weighted by atomic mass is 79.9. The molecule has 0 unspecified atom stereocenters. The van der Waals surface area contributed by atoms with Crippen LogP contribution in [-0.2, 0) is 0 Å². The van der Waals surface area contributed by atoms with E-state index in [1.165, 1.54) is 0 Å². The quantitative estimate of drug-likeness (QED) is 0.759. The molecular weight excluding hydrogens is 256 g/mol. The first-order valence-electron chi connectivity index (χ1n) is 4.95. The van der Waals surface area contributed by atoms with Crippen molar-refractivity contribution >= 4 is 22.2 Å². The van der Waals surface area contributed by atoms with Crippen LogP contribution in [-0.4, -0.2) is 32.5 Å². The van der Waals surface area contributed by atoms with E-state index in [-0.39, 0.29) is 0 Å². The van der Waals surface area contributed by atoms with Gasteiger partial charge in [-0.05, 0) is 12.1 Å². The Labute approximate surface area is 98.4 Å².